The van der Waals surface area contributed by atoms with E-state index in [1.54, 1.807) is 18.3 Å². The van der Waals surface area contributed by atoms with Crippen LogP contribution in [0.1, 0.15) is 23.3 Å². The third kappa shape index (κ3) is 3.45. The first-order valence-electron chi connectivity index (χ1n) is 9.13. The number of methoxy groups -OCH3 is 1. The minimum absolute atomic E-state index is 0.150. The first-order chi connectivity index (χ1) is 13.2. The molecule has 0 saturated carbocycles. The second-order valence-electron chi connectivity index (χ2n) is 6.78. The summed E-state index contributed by atoms with van der Waals surface area (Å²) in [4.78, 5) is 23.8. The van der Waals surface area contributed by atoms with Crippen LogP contribution in [-0.4, -0.2) is 67.8 Å². The molecule has 4 heterocycles. The van der Waals surface area contributed by atoms with Gasteiger partial charge in [-0.3, -0.25) is 9.20 Å². The molecule has 4 rings (SSSR count). The number of amides is 1. The van der Waals surface area contributed by atoms with Crippen molar-refractivity contribution in [3.05, 3.63) is 42.6 Å². The molecule has 1 unspecified atom stereocenters. The molecular formula is C19H23N5O3. The molecule has 1 saturated heterocycles. The van der Waals surface area contributed by atoms with Gasteiger partial charge in [0.05, 0.1) is 24.6 Å². The van der Waals surface area contributed by atoms with Gasteiger partial charge in [-0.1, -0.05) is 6.07 Å². The van der Waals surface area contributed by atoms with E-state index in [0.717, 1.165) is 18.4 Å². The van der Waals surface area contributed by atoms with Crippen molar-refractivity contribution in [1.82, 2.24) is 23.8 Å². The summed E-state index contributed by atoms with van der Waals surface area (Å²) in [5, 5.41) is 9.90. The lowest BCUT2D eigenvalue weighted by atomic mass is 10.1. The van der Waals surface area contributed by atoms with Gasteiger partial charge in [0, 0.05) is 39.1 Å². The second-order valence-corrected chi connectivity index (χ2v) is 6.78. The summed E-state index contributed by atoms with van der Waals surface area (Å²) in [5.74, 6) is 0.477. The molecule has 1 amide bonds. The predicted octanol–water partition coefficient (Wildman–Crippen LogP) is 1.44. The Labute approximate surface area is 157 Å². The van der Waals surface area contributed by atoms with Gasteiger partial charge in [-0.25, -0.2) is 9.97 Å². The Morgan fingerprint density at radius 2 is 2.30 bits per heavy atom. The molecule has 1 aliphatic rings. The standard InChI is InChI=1S/C19H23N5O3/c1-27-10-9-22-12-15(20-13-22)18-21-17(16-6-2-3-8-24(16)18)19(26)23-7-4-5-14(25)11-23/h2-3,6,8,12-14,25H,4-5,7,9-11H2,1H3. The monoisotopic (exact) mass is 369 g/mol. The van der Waals surface area contributed by atoms with Crippen LogP contribution in [0, 0.1) is 0 Å². The van der Waals surface area contributed by atoms with E-state index in [2.05, 4.69) is 9.97 Å². The average molecular weight is 369 g/mol. The number of carbonyl (C=O) groups is 1. The SMILES string of the molecule is COCCn1cnc(-c2nc(C(=O)N3CCCC(O)C3)c3ccccn23)c1. The first-order valence-corrected chi connectivity index (χ1v) is 9.13. The lowest BCUT2D eigenvalue weighted by Gasteiger charge is -2.29. The summed E-state index contributed by atoms with van der Waals surface area (Å²) in [6.45, 7) is 2.29. The van der Waals surface area contributed by atoms with Crippen LogP contribution in [0.25, 0.3) is 17.0 Å². The molecule has 1 fully saturated rings. The molecule has 1 atom stereocenters. The summed E-state index contributed by atoms with van der Waals surface area (Å²) in [5.41, 5.74) is 1.83. The minimum Gasteiger partial charge on any atom is -0.391 e. The lowest BCUT2D eigenvalue weighted by Crippen LogP contribution is -2.42. The number of β-amino-alcohol motifs (C(OH)–C–C–N with tert-alkyl or cyclic N) is 1. The molecule has 0 radical (unpaired) electrons. The van der Waals surface area contributed by atoms with Gasteiger partial charge in [-0.05, 0) is 25.0 Å². The Kier molecular flexibility index (Phi) is 4.91. The molecule has 8 nitrogen and oxygen atoms in total. The number of aliphatic hydroxyl groups is 1. The van der Waals surface area contributed by atoms with Crippen LogP contribution in [0.3, 0.4) is 0 Å². The second kappa shape index (κ2) is 7.50. The van der Waals surface area contributed by atoms with Crippen molar-refractivity contribution >= 4 is 11.4 Å². The number of hydrogen-bond acceptors (Lipinski definition) is 5. The minimum atomic E-state index is -0.465. The van der Waals surface area contributed by atoms with Gasteiger partial charge in [-0.2, -0.15) is 0 Å². The van der Waals surface area contributed by atoms with E-state index in [1.807, 2.05) is 39.6 Å². The summed E-state index contributed by atoms with van der Waals surface area (Å²) < 4.78 is 8.92. The highest BCUT2D eigenvalue weighted by molar-refractivity contribution is 6.00. The summed E-state index contributed by atoms with van der Waals surface area (Å²) >= 11 is 0. The fourth-order valence-corrected chi connectivity index (χ4v) is 3.46. The van der Waals surface area contributed by atoms with E-state index in [-0.39, 0.29) is 5.91 Å². The van der Waals surface area contributed by atoms with Gasteiger partial charge in [-0.15, -0.1) is 0 Å². The van der Waals surface area contributed by atoms with Gasteiger partial charge in [0.15, 0.2) is 11.5 Å². The van der Waals surface area contributed by atoms with Gasteiger partial charge in [0.25, 0.3) is 5.91 Å². The number of rotatable bonds is 5. The fourth-order valence-electron chi connectivity index (χ4n) is 3.46. The first kappa shape index (κ1) is 17.7. The molecule has 0 aliphatic carbocycles. The Morgan fingerprint density at radius 1 is 1.41 bits per heavy atom. The Bertz CT molecular complexity index is 948. The van der Waals surface area contributed by atoms with E-state index in [9.17, 15) is 9.90 Å². The summed E-state index contributed by atoms with van der Waals surface area (Å²) in [6, 6.07) is 5.67. The van der Waals surface area contributed by atoms with E-state index in [4.69, 9.17) is 4.74 Å². The number of imidazole rings is 2. The maximum absolute atomic E-state index is 13.0. The normalized spacial score (nSPS) is 17.6. The molecule has 3 aromatic heterocycles. The van der Waals surface area contributed by atoms with Crippen molar-refractivity contribution < 1.29 is 14.6 Å². The van der Waals surface area contributed by atoms with E-state index in [1.165, 1.54) is 0 Å². The highest BCUT2D eigenvalue weighted by Gasteiger charge is 2.27. The number of pyridine rings is 1. The molecule has 1 N–H and O–H groups in total. The maximum Gasteiger partial charge on any atom is 0.274 e. The van der Waals surface area contributed by atoms with Crippen LogP contribution >= 0.6 is 0 Å². The molecule has 3 aromatic rings. The molecule has 8 heteroatoms. The van der Waals surface area contributed by atoms with Crippen molar-refractivity contribution in [1.29, 1.82) is 0 Å². The molecular weight excluding hydrogens is 346 g/mol. The number of nitrogens with zero attached hydrogens (tertiary/aromatic N) is 5. The van der Waals surface area contributed by atoms with Crippen molar-refractivity contribution in [3.63, 3.8) is 0 Å². The molecule has 27 heavy (non-hydrogen) atoms. The van der Waals surface area contributed by atoms with E-state index in [0.29, 0.717) is 43.5 Å². The lowest BCUT2D eigenvalue weighted by molar-refractivity contribution is 0.0471. The fraction of sp³-hybridized carbons (Fsp3) is 0.421. The van der Waals surface area contributed by atoms with Crippen LogP contribution in [0.15, 0.2) is 36.9 Å². The van der Waals surface area contributed by atoms with Gasteiger partial charge < -0.3 is 19.3 Å². The Balaban J connectivity index is 1.71. The molecule has 0 bridgehead atoms. The number of piperidine rings is 1. The zero-order valence-electron chi connectivity index (χ0n) is 15.3. The molecule has 1 aliphatic heterocycles. The van der Waals surface area contributed by atoms with Crippen LogP contribution in [0.2, 0.25) is 0 Å². The van der Waals surface area contributed by atoms with Crippen LogP contribution in [0.4, 0.5) is 0 Å². The maximum atomic E-state index is 13.0. The molecule has 0 spiro atoms. The largest absolute Gasteiger partial charge is 0.391 e. The highest BCUT2D eigenvalue weighted by atomic mass is 16.5. The van der Waals surface area contributed by atoms with Gasteiger partial charge >= 0.3 is 0 Å². The average Bonchev–Trinajstić information content (AvgIpc) is 3.30. The summed E-state index contributed by atoms with van der Waals surface area (Å²) in [6.07, 6.45) is 6.59. The van der Waals surface area contributed by atoms with Crippen LogP contribution in [-0.2, 0) is 11.3 Å². The molecule has 142 valence electrons. The van der Waals surface area contributed by atoms with Gasteiger partial charge in [0.1, 0.15) is 5.69 Å². The number of hydrogen-bond donors (Lipinski definition) is 1. The summed E-state index contributed by atoms with van der Waals surface area (Å²) in [7, 11) is 1.66. The predicted molar refractivity (Wildman–Crippen MR) is 99.4 cm³/mol. The van der Waals surface area contributed by atoms with E-state index < -0.39 is 6.10 Å². The highest BCUT2D eigenvalue weighted by Crippen LogP contribution is 2.23. The van der Waals surface area contributed by atoms with Crippen molar-refractivity contribution in [3.8, 4) is 11.5 Å². The zero-order chi connectivity index (χ0) is 18.8. The third-order valence-corrected chi connectivity index (χ3v) is 4.85. The Morgan fingerprint density at radius 3 is 3.11 bits per heavy atom. The smallest absolute Gasteiger partial charge is 0.274 e. The van der Waals surface area contributed by atoms with Crippen LogP contribution < -0.4 is 0 Å². The van der Waals surface area contributed by atoms with Crippen LogP contribution in [0.5, 0.6) is 0 Å². The zero-order valence-corrected chi connectivity index (χ0v) is 15.3. The van der Waals surface area contributed by atoms with Crippen molar-refractivity contribution in [2.45, 2.75) is 25.5 Å². The number of aliphatic hydroxyl groups excluding tert-OH is 1. The number of carbonyl (C=O) groups excluding carboxylic acids is 1. The number of fused-ring (bicyclic) bond motifs is 1. The van der Waals surface area contributed by atoms with Crippen molar-refractivity contribution in [2.24, 2.45) is 0 Å². The van der Waals surface area contributed by atoms with Gasteiger partial charge in [0.2, 0.25) is 0 Å². The topological polar surface area (TPSA) is 84.9 Å². The quantitative estimate of drug-likeness (QED) is 0.736. The number of aromatic nitrogens is 4. The number of likely N-dealkylation sites (tertiary alicyclic amines) is 1. The number of ether oxygens (including phenoxy) is 1. The van der Waals surface area contributed by atoms with E-state index >= 15 is 0 Å². The third-order valence-electron chi connectivity index (χ3n) is 4.85. The van der Waals surface area contributed by atoms with Crippen molar-refractivity contribution in [2.75, 3.05) is 26.8 Å². The Hall–Kier alpha value is -2.71. The molecule has 0 aromatic carbocycles.